The summed E-state index contributed by atoms with van der Waals surface area (Å²) in [6, 6.07) is 5.90. The molecule has 1 atom stereocenters. The second kappa shape index (κ2) is 8.81. The number of hydrogen-bond acceptors (Lipinski definition) is 4. The highest BCUT2D eigenvalue weighted by atomic mass is 16.5. The van der Waals surface area contributed by atoms with Crippen molar-refractivity contribution >= 4 is 23.5 Å². The lowest BCUT2D eigenvalue weighted by Gasteiger charge is -2.15. The fourth-order valence-corrected chi connectivity index (χ4v) is 1.83. The molecule has 2 amide bonds. The number of anilines is 1. The monoisotopic (exact) mass is 306 g/mol. The average Bonchev–Trinajstić information content (AvgIpc) is 2.48. The van der Waals surface area contributed by atoms with E-state index < -0.39 is 12.0 Å². The highest BCUT2D eigenvalue weighted by Crippen LogP contribution is 2.16. The molecule has 0 spiro atoms. The molecule has 0 aliphatic rings. The lowest BCUT2D eigenvalue weighted by Crippen LogP contribution is -2.41. The van der Waals surface area contributed by atoms with Crippen LogP contribution >= 0.6 is 0 Å². The van der Waals surface area contributed by atoms with Crippen LogP contribution in [0.25, 0.3) is 0 Å². The van der Waals surface area contributed by atoms with Crippen LogP contribution in [0, 0.1) is 0 Å². The van der Waals surface area contributed by atoms with Crippen LogP contribution in [0.1, 0.15) is 44.0 Å². The first kappa shape index (κ1) is 17.7. The summed E-state index contributed by atoms with van der Waals surface area (Å²) >= 11 is 0. The number of esters is 1. The van der Waals surface area contributed by atoms with Gasteiger partial charge < -0.3 is 15.4 Å². The molecule has 1 aromatic carbocycles. The molecule has 0 aromatic heterocycles. The highest BCUT2D eigenvalue weighted by molar-refractivity contribution is 6.03. The van der Waals surface area contributed by atoms with Crippen molar-refractivity contribution in [2.75, 3.05) is 11.9 Å². The van der Waals surface area contributed by atoms with E-state index in [4.69, 9.17) is 4.74 Å². The standard InChI is InChI=1S/C16H22N2O4/c1-4-8-14(19)17-11(3)15(20)18-13-10-7-6-9-12(13)16(21)22-5-2/h6-7,9-11H,4-5,8H2,1-3H3,(H,17,19)(H,18,20)/t11-/m1/s1. The van der Waals surface area contributed by atoms with Crippen molar-refractivity contribution in [3.63, 3.8) is 0 Å². The smallest absolute Gasteiger partial charge is 0.340 e. The number of hydrogen-bond donors (Lipinski definition) is 2. The minimum Gasteiger partial charge on any atom is -0.462 e. The van der Waals surface area contributed by atoms with Gasteiger partial charge in [0.2, 0.25) is 11.8 Å². The molecule has 1 aromatic rings. The van der Waals surface area contributed by atoms with Crippen molar-refractivity contribution < 1.29 is 19.1 Å². The molecule has 0 saturated heterocycles. The minimum atomic E-state index is -0.686. The molecule has 0 fully saturated rings. The average molecular weight is 306 g/mol. The molecule has 22 heavy (non-hydrogen) atoms. The fraction of sp³-hybridized carbons (Fsp3) is 0.438. The third kappa shape index (κ3) is 5.20. The van der Waals surface area contributed by atoms with E-state index in [0.29, 0.717) is 18.5 Å². The molecule has 6 heteroatoms. The SMILES string of the molecule is CCCC(=O)N[C@H](C)C(=O)Nc1ccccc1C(=O)OCC. The Kier molecular flexibility index (Phi) is 7.08. The first-order chi connectivity index (χ1) is 10.5. The summed E-state index contributed by atoms with van der Waals surface area (Å²) in [5.74, 6) is -1.06. The number of nitrogens with one attached hydrogen (secondary N) is 2. The van der Waals surface area contributed by atoms with Gasteiger partial charge in [-0.15, -0.1) is 0 Å². The van der Waals surface area contributed by atoms with Gasteiger partial charge in [-0.3, -0.25) is 9.59 Å². The molecule has 0 aliphatic carbocycles. The molecular formula is C16H22N2O4. The van der Waals surface area contributed by atoms with Gasteiger partial charge in [0.25, 0.3) is 0 Å². The van der Waals surface area contributed by atoms with Crippen molar-refractivity contribution in [3.05, 3.63) is 29.8 Å². The van der Waals surface area contributed by atoms with Gasteiger partial charge in [-0.05, 0) is 32.4 Å². The summed E-state index contributed by atoms with van der Waals surface area (Å²) in [6.07, 6.45) is 1.09. The minimum absolute atomic E-state index is 0.177. The molecule has 120 valence electrons. The summed E-state index contributed by atoms with van der Waals surface area (Å²) in [4.78, 5) is 35.4. The third-order valence-electron chi connectivity index (χ3n) is 2.93. The number of amides is 2. The molecule has 1 rings (SSSR count). The summed E-state index contributed by atoms with van der Waals surface area (Å²) in [6.45, 7) is 5.45. The van der Waals surface area contributed by atoms with Crippen LogP contribution in [0.4, 0.5) is 5.69 Å². The van der Waals surface area contributed by atoms with Gasteiger partial charge in [0.15, 0.2) is 0 Å². The molecule has 0 heterocycles. The van der Waals surface area contributed by atoms with Gasteiger partial charge in [0.05, 0.1) is 17.9 Å². The Morgan fingerprint density at radius 3 is 2.50 bits per heavy atom. The van der Waals surface area contributed by atoms with E-state index in [-0.39, 0.29) is 24.0 Å². The van der Waals surface area contributed by atoms with E-state index in [1.165, 1.54) is 0 Å². The first-order valence-corrected chi connectivity index (χ1v) is 7.35. The number of carbonyl (C=O) groups excluding carboxylic acids is 3. The lowest BCUT2D eigenvalue weighted by molar-refractivity contribution is -0.126. The van der Waals surface area contributed by atoms with E-state index in [9.17, 15) is 14.4 Å². The summed E-state index contributed by atoms with van der Waals surface area (Å²) < 4.78 is 4.95. The number of carbonyl (C=O) groups is 3. The number of para-hydroxylation sites is 1. The van der Waals surface area contributed by atoms with Crippen LogP contribution in [0.15, 0.2) is 24.3 Å². The zero-order valence-corrected chi connectivity index (χ0v) is 13.1. The van der Waals surface area contributed by atoms with Crippen molar-refractivity contribution in [2.45, 2.75) is 39.7 Å². The van der Waals surface area contributed by atoms with E-state index in [1.807, 2.05) is 6.92 Å². The number of ether oxygens (including phenoxy) is 1. The van der Waals surface area contributed by atoms with Gasteiger partial charge in [-0.1, -0.05) is 19.1 Å². The zero-order valence-electron chi connectivity index (χ0n) is 13.1. The van der Waals surface area contributed by atoms with Gasteiger partial charge in [0, 0.05) is 6.42 Å². The topological polar surface area (TPSA) is 84.5 Å². The number of rotatable bonds is 7. The molecular weight excluding hydrogens is 284 g/mol. The largest absolute Gasteiger partial charge is 0.462 e. The second-order valence-electron chi connectivity index (χ2n) is 4.79. The van der Waals surface area contributed by atoms with Crippen molar-refractivity contribution in [3.8, 4) is 0 Å². The second-order valence-corrected chi connectivity index (χ2v) is 4.79. The van der Waals surface area contributed by atoms with Gasteiger partial charge in [0.1, 0.15) is 6.04 Å². The molecule has 0 saturated carbocycles. The maximum absolute atomic E-state index is 12.1. The van der Waals surface area contributed by atoms with Gasteiger partial charge in [-0.2, -0.15) is 0 Å². The Hall–Kier alpha value is -2.37. The van der Waals surface area contributed by atoms with E-state index in [1.54, 1.807) is 38.1 Å². The maximum atomic E-state index is 12.1. The summed E-state index contributed by atoms with van der Waals surface area (Å²) in [5, 5.41) is 5.25. The van der Waals surface area contributed by atoms with E-state index in [2.05, 4.69) is 10.6 Å². The summed E-state index contributed by atoms with van der Waals surface area (Å²) in [7, 11) is 0. The molecule has 2 N–H and O–H groups in total. The normalized spacial score (nSPS) is 11.4. The molecule has 0 radical (unpaired) electrons. The third-order valence-corrected chi connectivity index (χ3v) is 2.93. The Labute approximate surface area is 130 Å². The van der Waals surface area contributed by atoms with Crippen LogP contribution in [0.2, 0.25) is 0 Å². The van der Waals surface area contributed by atoms with Crippen LogP contribution in [0.5, 0.6) is 0 Å². The van der Waals surface area contributed by atoms with Crippen LogP contribution in [-0.4, -0.2) is 30.4 Å². The van der Waals surface area contributed by atoms with Gasteiger partial charge in [-0.25, -0.2) is 4.79 Å². The van der Waals surface area contributed by atoms with Crippen molar-refractivity contribution in [1.29, 1.82) is 0 Å². The predicted molar refractivity (Wildman–Crippen MR) is 83.5 cm³/mol. The van der Waals surface area contributed by atoms with E-state index in [0.717, 1.165) is 0 Å². The molecule has 0 aliphatic heterocycles. The highest BCUT2D eigenvalue weighted by Gasteiger charge is 2.18. The molecule has 0 unspecified atom stereocenters. The Balaban J connectivity index is 2.75. The first-order valence-electron chi connectivity index (χ1n) is 7.35. The van der Waals surface area contributed by atoms with Crippen molar-refractivity contribution in [1.82, 2.24) is 5.32 Å². The van der Waals surface area contributed by atoms with Crippen LogP contribution in [-0.2, 0) is 14.3 Å². The quantitative estimate of drug-likeness (QED) is 0.756. The maximum Gasteiger partial charge on any atom is 0.340 e. The van der Waals surface area contributed by atoms with Crippen LogP contribution < -0.4 is 10.6 Å². The Morgan fingerprint density at radius 1 is 1.18 bits per heavy atom. The molecule has 6 nitrogen and oxygen atoms in total. The van der Waals surface area contributed by atoms with Crippen molar-refractivity contribution in [2.24, 2.45) is 0 Å². The van der Waals surface area contributed by atoms with Crippen LogP contribution in [0.3, 0.4) is 0 Å². The zero-order chi connectivity index (χ0) is 16.5. The van der Waals surface area contributed by atoms with Gasteiger partial charge >= 0.3 is 5.97 Å². The van der Waals surface area contributed by atoms with E-state index >= 15 is 0 Å². The Bertz CT molecular complexity index is 543. The lowest BCUT2D eigenvalue weighted by atomic mass is 10.1. The summed E-state index contributed by atoms with van der Waals surface area (Å²) in [5.41, 5.74) is 0.646. The number of benzene rings is 1. The fourth-order valence-electron chi connectivity index (χ4n) is 1.83. The predicted octanol–water partition coefficient (Wildman–Crippen LogP) is 2.11. The molecule has 0 bridgehead atoms. The Morgan fingerprint density at radius 2 is 1.86 bits per heavy atom.